The number of benzene rings is 2. The van der Waals surface area contributed by atoms with E-state index in [4.69, 9.17) is 37.4 Å². The Balaban J connectivity index is 1.89. The van der Waals surface area contributed by atoms with Crippen LogP contribution in [0.3, 0.4) is 0 Å². The number of aromatic hydroxyl groups is 1. The molecule has 1 aliphatic heterocycles. The molecule has 0 spiro atoms. The monoisotopic (exact) mass is 451 g/mol. The number of methoxy groups -OCH3 is 2. The second kappa shape index (κ2) is 10.3. The number of hydrogen-bond donors (Lipinski definition) is 1. The summed E-state index contributed by atoms with van der Waals surface area (Å²) in [5.41, 5.74) is 1.64. The smallest absolute Gasteiger partial charge is 0.231 e. The zero-order valence-electron chi connectivity index (χ0n) is 16.8. The zero-order chi connectivity index (χ0) is 21.7. The van der Waals surface area contributed by atoms with Gasteiger partial charge in [-0.2, -0.15) is 0 Å². The first kappa shape index (κ1) is 22.6. The van der Waals surface area contributed by atoms with Gasteiger partial charge in [-0.15, -0.1) is 0 Å². The van der Waals surface area contributed by atoms with Crippen LogP contribution in [0.15, 0.2) is 36.1 Å². The van der Waals surface area contributed by atoms with Crippen LogP contribution in [-0.2, 0) is 16.0 Å². The number of nitrogens with zero attached hydrogens (tertiary/aromatic N) is 1. The predicted octanol–water partition coefficient (Wildman–Crippen LogP) is 4.41. The van der Waals surface area contributed by atoms with Gasteiger partial charge in [0.2, 0.25) is 5.78 Å². The summed E-state index contributed by atoms with van der Waals surface area (Å²) in [7, 11) is 3.27. The molecule has 0 aromatic heterocycles. The van der Waals surface area contributed by atoms with Crippen molar-refractivity contribution in [3.63, 3.8) is 0 Å². The fraction of sp³-hybridized carbons (Fsp3) is 0.318. The molecule has 3 rings (SSSR count). The summed E-state index contributed by atoms with van der Waals surface area (Å²) in [6.45, 7) is 2.73. The molecule has 0 radical (unpaired) electrons. The van der Waals surface area contributed by atoms with Crippen molar-refractivity contribution >= 4 is 35.1 Å². The minimum absolute atomic E-state index is 0.0668. The predicted molar refractivity (Wildman–Crippen MR) is 117 cm³/mol. The maximum Gasteiger partial charge on any atom is 0.231 e. The molecular weight excluding hydrogens is 429 g/mol. The van der Waals surface area contributed by atoms with Crippen LogP contribution in [-0.4, -0.2) is 56.3 Å². The molecule has 0 saturated heterocycles. The minimum Gasteiger partial charge on any atom is -0.507 e. The highest BCUT2D eigenvalue weighted by molar-refractivity contribution is 6.42. The molecule has 30 heavy (non-hydrogen) atoms. The van der Waals surface area contributed by atoms with Gasteiger partial charge in [-0.05, 0) is 35.9 Å². The molecule has 8 heteroatoms. The molecule has 2 aromatic rings. The van der Waals surface area contributed by atoms with Crippen molar-refractivity contribution in [2.45, 2.75) is 6.54 Å². The Morgan fingerprint density at radius 3 is 2.40 bits per heavy atom. The topological polar surface area (TPSA) is 68.2 Å². The summed E-state index contributed by atoms with van der Waals surface area (Å²) in [6, 6.07) is 8.15. The Morgan fingerprint density at radius 1 is 1.07 bits per heavy atom. The van der Waals surface area contributed by atoms with Crippen molar-refractivity contribution < 1.29 is 24.1 Å². The molecular formula is C22H23Cl2NO5. The maximum absolute atomic E-state index is 12.9. The fourth-order valence-electron chi connectivity index (χ4n) is 3.14. The van der Waals surface area contributed by atoms with Crippen molar-refractivity contribution in [2.75, 3.05) is 40.5 Å². The van der Waals surface area contributed by atoms with Crippen LogP contribution >= 0.6 is 23.2 Å². The molecule has 1 N–H and O–H groups in total. The Hall–Kier alpha value is -2.09. The van der Waals surface area contributed by atoms with E-state index in [1.807, 2.05) is 0 Å². The summed E-state index contributed by atoms with van der Waals surface area (Å²) in [5.74, 6) is 0.344. The first-order valence-electron chi connectivity index (χ1n) is 9.39. The molecule has 1 heterocycles. The Bertz CT molecular complexity index is 953. The minimum atomic E-state index is -0.252. The van der Waals surface area contributed by atoms with Gasteiger partial charge >= 0.3 is 0 Å². The van der Waals surface area contributed by atoms with Crippen LogP contribution in [0.25, 0.3) is 6.08 Å². The number of fused-ring (bicyclic) bond motifs is 1. The van der Waals surface area contributed by atoms with E-state index in [0.29, 0.717) is 65.3 Å². The van der Waals surface area contributed by atoms with Crippen molar-refractivity contribution in [1.82, 2.24) is 4.90 Å². The average molecular weight is 452 g/mol. The summed E-state index contributed by atoms with van der Waals surface area (Å²) in [4.78, 5) is 14.9. The van der Waals surface area contributed by atoms with Gasteiger partial charge in [0.25, 0.3) is 0 Å². The average Bonchev–Trinajstić information content (AvgIpc) is 3.04. The number of rotatable bonds is 9. The van der Waals surface area contributed by atoms with Crippen molar-refractivity contribution in [3.05, 3.63) is 62.8 Å². The normalized spacial score (nSPS) is 14.4. The second-order valence-corrected chi connectivity index (χ2v) is 7.63. The van der Waals surface area contributed by atoms with Gasteiger partial charge in [0.05, 0.1) is 34.4 Å². The number of ketones is 1. The van der Waals surface area contributed by atoms with Crippen molar-refractivity contribution in [2.24, 2.45) is 0 Å². The van der Waals surface area contributed by atoms with Gasteiger partial charge in [-0.25, -0.2) is 0 Å². The molecule has 2 aromatic carbocycles. The molecule has 0 bridgehead atoms. The van der Waals surface area contributed by atoms with Crippen LogP contribution in [0.1, 0.15) is 21.5 Å². The highest BCUT2D eigenvalue weighted by Gasteiger charge is 2.31. The van der Waals surface area contributed by atoms with E-state index >= 15 is 0 Å². The van der Waals surface area contributed by atoms with E-state index in [2.05, 4.69) is 4.90 Å². The van der Waals surface area contributed by atoms with E-state index in [-0.39, 0.29) is 17.3 Å². The highest BCUT2D eigenvalue weighted by Crippen LogP contribution is 2.40. The number of ether oxygens (including phenoxy) is 3. The van der Waals surface area contributed by atoms with E-state index in [0.717, 1.165) is 0 Å². The number of phenolic OH excluding ortho intramolecular Hbond substituents is 1. The van der Waals surface area contributed by atoms with Crippen LogP contribution in [0.2, 0.25) is 10.0 Å². The van der Waals surface area contributed by atoms with Gasteiger partial charge in [0.1, 0.15) is 11.5 Å². The van der Waals surface area contributed by atoms with Crippen LogP contribution < -0.4 is 4.74 Å². The van der Waals surface area contributed by atoms with E-state index in [9.17, 15) is 9.90 Å². The van der Waals surface area contributed by atoms with Crippen LogP contribution in [0.4, 0.5) is 0 Å². The lowest BCUT2D eigenvalue weighted by atomic mass is 10.0. The fourth-order valence-corrected chi connectivity index (χ4v) is 3.44. The molecule has 0 amide bonds. The molecule has 1 aliphatic rings. The summed E-state index contributed by atoms with van der Waals surface area (Å²) in [6.07, 6.45) is 1.61. The standard InChI is InChI=1S/C22H23Cl2NO5/c1-28-9-7-25(8-10-29-2)13-16-19(26)6-4-15-21(27)20(30-22(15)16)12-14-3-5-17(23)18(24)11-14/h3-6,11-12,26H,7-10,13H2,1-2H3/b20-12-. The van der Waals surface area contributed by atoms with Gasteiger partial charge in [-0.3, -0.25) is 9.69 Å². The molecule has 0 saturated carbocycles. The first-order chi connectivity index (χ1) is 14.4. The SMILES string of the molecule is COCCN(CCOC)Cc1c(O)ccc2c1O/C(=C\c1ccc(Cl)c(Cl)c1)C2=O. The maximum atomic E-state index is 12.9. The third kappa shape index (κ3) is 5.14. The molecule has 0 fully saturated rings. The number of Topliss-reactive ketones (excluding diaryl/α,β-unsaturated/α-hetero) is 1. The van der Waals surface area contributed by atoms with Gasteiger partial charge < -0.3 is 19.3 Å². The quantitative estimate of drug-likeness (QED) is 0.569. The molecule has 6 nitrogen and oxygen atoms in total. The van der Waals surface area contributed by atoms with E-state index in [1.54, 1.807) is 44.6 Å². The molecule has 0 atom stereocenters. The molecule has 160 valence electrons. The van der Waals surface area contributed by atoms with Crippen LogP contribution in [0.5, 0.6) is 11.5 Å². The second-order valence-electron chi connectivity index (χ2n) is 6.81. The number of carbonyl (C=O) groups excluding carboxylic acids is 1. The van der Waals surface area contributed by atoms with Gasteiger partial charge in [0, 0.05) is 33.9 Å². The third-order valence-electron chi connectivity index (χ3n) is 4.76. The summed E-state index contributed by atoms with van der Waals surface area (Å²) < 4.78 is 16.2. The lowest BCUT2D eigenvalue weighted by molar-refractivity contribution is 0.101. The van der Waals surface area contributed by atoms with E-state index < -0.39 is 0 Å². The number of halogens is 2. The van der Waals surface area contributed by atoms with Crippen molar-refractivity contribution in [3.8, 4) is 11.5 Å². The Kier molecular flexibility index (Phi) is 7.75. The number of carbonyl (C=O) groups is 1. The van der Waals surface area contributed by atoms with Gasteiger partial charge in [-0.1, -0.05) is 29.3 Å². The molecule has 0 unspecified atom stereocenters. The molecule has 0 aliphatic carbocycles. The lowest BCUT2D eigenvalue weighted by Crippen LogP contribution is -2.30. The van der Waals surface area contributed by atoms with Crippen molar-refractivity contribution in [1.29, 1.82) is 0 Å². The largest absolute Gasteiger partial charge is 0.507 e. The number of allylic oxidation sites excluding steroid dienone is 1. The third-order valence-corrected chi connectivity index (χ3v) is 5.50. The zero-order valence-corrected chi connectivity index (χ0v) is 18.3. The Morgan fingerprint density at radius 2 is 1.77 bits per heavy atom. The van der Waals surface area contributed by atoms with Crippen LogP contribution in [0, 0.1) is 0 Å². The highest BCUT2D eigenvalue weighted by atomic mass is 35.5. The number of hydrogen-bond acceptors (Lipinski definition) is 6. The van der Waals surface area contributed by atoms with E-state index in [1.165, 1.54) is 6.07 Å². The lowest BCUT2D eigenvalue weighted by Gasteiger charge is -2.23. The van der Waals surface area contributed by atoms with Gasteiger partial charge in [0.15, 0.2) is 5.76 Å². The summed E-state index contributed by atoms with van der Waals surface area (Å²) >= 11 is 12.0. The number of phenols is 1. The first-order valence-corrected chi connectivity index (χ1v) is 10.1. The summed E-state index contributed by atoms with van der Waals surface area (Å²) in [5, 5.41) is 11.3. The Labute approximate surface area is 185 Å².